The molecule has 2 fully saturated rings. The van der Waals surface area contributed by atoms with E-state index in [2.05, 4.69) is 27.2 Å². The van der Waals surface area contributed by atoms with E-state index in [4.69, 9.17) is 4.42 Å². The van der Waals surface area contributed by atoms with Crippen molar-refractivity contribution in [1.29, 1.82) is 0 Å². The van der Waals surface area contributed by atoms with Crippen LogP contribution in [-0.2, 0) is 27.6 Å². The van der Waals surface area contributed by atoms with Gasteiger partial charge in [-0.3, -0.25) is 9.69 Å². The molecule has 30 heavy (non-hydrogen) atoms. The Bertz CT molecular complexity index is 956. The number of hydrogen-bond acceptors (Lipinski definition) is 8. The largest absolute Gasteiger partial charge is 0.416 e. The molecule has 10 heteroatoms. The van der Waals surface area contributed by atoms with Crippen molar-refractivity contribution in [1.82, 2.24) is 20.0 Å². The fraction of sp³-hybridized carbons (Fsp3) is 0.550. The van der Waals surface area contributed by atoms with Gasteiger partial charge < -0.3 is 9.32 Å². The van der Waals surface area contributed by atoms with Crippen LogP contribution in [-0.4, -0.2) is 77.8 Å². The zero-order valence-electron chi connectivity index (χ0n) is 16.8. The Morgan fingerprint density at radius 2 is 1.90 bits per heavy atom. The molecule has 4 rings (SSSR count). The highest BCUT2D eigenvalue weighted by Crippen LogP contribution is 2.24. The molecule has 162 valence electrons. The second kappa shape index (κ2) is 9.49. The number of benzene rings is 1. The molecule has 2 aliphatic rings. The van der Waals surface area contributed by atoms with Gasteiger partial charge in [0.25, 0.3) is 5.22 Å². The normalized spacial score (nSPS) is 21.7. The minimum Gasteiger partial charge on any atom is -0.416 e. The van der Waals surface area contributed by atoms with E-state index in [1.807, 2.05) is 23.1 Å². The van der Waals surface area contributed by atoms with E-state index in [0.717, 1.165) is 32.7 Å². The van der Waals surface area contributed by atoms with Crippen LogP contribution in [0.15, 0.2) is 40.0 Å². The number of sulfone groups is 1. The molecular weight excluding hydrogens is 424 g/mol. The quantitative estimate of drug-likeness (QED) is 0.586. The zero-order valence-corrected chi connectivity index (χ0v) is 18.4. The number of amides is 1. The Balaban J connectivity index is 1.19. The van der Waals surface area contributed by atoms with Crippen LogP contribution in [0.2, 0.25) is 0 Å². The first kappa shape index (κ1) is 21.3. The predicted molar refractivity (Wildman–Crippen MR) is 114 cm³/mol. The van der Waals surface area contributed by atoms with Crippen molar-refractivity contribution in [2.45, 2.75) is 24.6 Å². The van der Waals surface area contributed by atoms with E-state index >= 15 is 0 Å². The molecule has 0 aliphatic carbocycles. The van der Waals surface area contributed by atoms with Crippen molar-refractivity contribution in [2.75, 3.05) is 43.4 Å². The zero-order chi connectivity index (χ0) is 21.0. The Morgan fingerprint density at radius 1 is 1.13 bits per heavy atom. The van der Waals surface area contributed by atoms with Gasteiger partial charge in [-0.15, -0.1) is 10.2 Å². The molecule has 2 saturated heterocycles. The van der Waals surface area contributed by atoms with Gasteiger partial charge in [0.05, 0.1) is 17.3 Å². The number of nitrogens with zero attached hydrogens (tertiary/aromatic N) is 4. The maximum atomic E-state index is 12.5. The van der Waals surface area contributed by atoms with Gasteiger partial charge in [-0.25, -0.2) is 8.42 Å². The molecule has 8 nitrogen and oxygen atoms in total. The van der Waals surface area contributed by atoms with Gasteiger partial charge >= 0.3 is 0 Å². The average Bonchev–Trinajstić information content (AvgIpc) is 3.33. The summed E-state index contributed by atoms with van der Waals surface area (Å²) in [5.74, 6) is 1.25. The average molecular weight is 451 g/mol. The second-order valence-electron chi connectivity index (χ2n) is 7.87. The van der Waals surface area contributed by atoms with E-state index < -0.39 is 9.84 Å². The highest BCUT2D eigenvalue weighted by atomic mass is 32.2. The second-order valence-corrected chi connectivity index (χ2v) is 11.0. The number of carbonyl (C=O) groups is 1. The van der Waals surface area contributed by atoms with E-state index in [9.17, 15) is 13.2 Å². The summed E-state index contributed by atoms with van der Waals surface area (Å²) in [7, 11) is -2.91. The van der Waals surface area contributed by atoms with Crippen LogP contribution in [0.1, 0.15) is 17.9 Å². The van der Waals surface area contributed by atoms with Crippen molar-refractivity contribution >= 4 is 27.5 Å². The standard InChI is InChI=1S/C20H26N4O4S2/c25-19(24-9-7-23(8-10-24)13-16-4-2-1-3-5-16)14-29-20-22-21-18(28-20)12-17-6-11-30(26,27)15-17/h1-5,17H,6-15H2. The maximum absolute atomic E-state index is 12.5. The minimum atomic E-state index is -2.91. The molecule has 1 aromatic heterocycles. The molecule has 1 atom stereocenters. The topological polar surface area (TPSA) is 96.6 Å². The molecule has 0 N–H and O–H groups in total. The van der Waals surface area contributed by atoms with Gasteiger partial charge in [0, 0.05) is 39.1 Å². The SMILES string of the molecule is O=C(CSc1nnc(CC2CCS(=O)(=O)C2)o1)N1CCN(Cc2ccccc2)CC1. The van der Waals surface area contributed by atoms with Crippen molar-refractivity contribution in [2.24, 2.45) is 5.92 Å². The molecule has 1 unspecified atom stereocenters. The summed E-state index contributed by atoms with van der Waals surface area (Å²) in [4.78, 5) is 16.8. The fourth-order valence-corrected chi connectivity index (χ4v) is 6.42. The summed E-state index contributed by atoms with van der Waals surface area (Å²) in [6, 6.07) is 10.4. The van der Waals surface area contributed by atoms with E-state index in [0.29, 0.717) is 24.0 Å². The first-order valence-corrected chi connectivity index (χ1v) is 13.0. The first-order chi connectivity index (χ1) is 14.5. The number of rotatable bonds is 7. The minimum absolute atomic E-state index is 0.0436. The van der Waals surface area contributed by atoms with Crippen LogP contribution in [0.4, 0.5) is 0 Å². The van der Waals surface area contributed by atoms with Gasteiger partial charge in [-0.2, -0.15) is 0 Å². The highest BCUT2D eigenvalue weighted by Gasteiger charge is 2.29. The van der Waals surface area contributed by atoms with Gasteiger partial charge in [-0.05, 0) is 17.9 Å². The molecule has 2 aliphatic heterocycles. The monoisotopic (exact) mass is 450 g/mol. The highest BCUT2D eigenvalue weighted by molar-refractivity contribution is 7.99. The molecule has 1 aromatic carbocycles. The Labute approximate surface area is 180 Å². The number of thioether (sulfide) groups is 1. The summed E-state index contributed by atoms with van der Waals surface area (Å²) in [6.45, 7) is 4.07. The molecule has 3 heterocycles. The molecule has 0 spiro atoms. The van der Waals surface area contributed by atoms with Crippen LogP contribution in [0, 0.1) is 5.92 Å². The Kier molecular flexibility index (Phi) is 6.74. The Morgan fingerprint density at radius 3 is 2.60 bits per heavy atom. The number of piperazine rings is 1. The third kappa shape index (κ3) is 5.83. The van der Waals surface area contributed by atoms with Crippen LogP contribution >= 0.6 is 11.8 Å². The third-order valence-electron chi connectivity index (χ3n) is 5.53. The van der Waals surface area contributed by atoms with E-state index in [-0.39, 0.29) is 29.1 Å². The summed E-state index contributed by atoms with van der Waals surface area (Å²) in [6.07, 6.45) is 1.12. The van der Waals surface area contributed by atoms with Crippen LogP contribution in [0.25, 0.3) is 0 Å². The lowest BCUT2D eigenvalue weighted by molar-refractivity contribution is -0.130. The lowest BCUT2D eigenvalue weighted by Gasteiger charge is -2.34. The lowest BCUT2D eigenvalue weighted by atomic mass is 10.1. The predicted octanol–water partition coefficient (Wildman–Crippen LogP) is 1.48. The van der Waals surface area contributed by atoms with Crippen LogP contribution < -0.4 is 0 Å². The van der Waals surface area contributed by atoms with Crippen molar-refractivity contribution in [3.05, 3.63) is 41.8 Å². The van der Waals surface area contributed by atoms with Gasteiger partial charge in [-0.1, -0.05) is 42.1 Å². The molecule has 1 amide bonds. The van der Waals surface area contributed by atoms with Crippen molar-refractivity contribution < 1.29 is 17.6 Å². The summed E-state index contributed by atoms with van der Waals surface area (Å²) < 4.78 is 28.7. The molecule has 0 bridgehead atoms. The molecule has 2 aromatic rings. The first-order valence-electron chi connectivity index (χ1n) is 10.2. The number of carbonyl (C=O) groups excluding carboxylic acids is 1. The number of aromatic nitrogens is 2. The smallest absolute Gasteiger partial charge is 0.277 e. The molecular formula is C20H26N4O4S2. The van der Waals surface area contributed by atoms with E-state index in [1.54, 1.807) is 0 Å². The van der Waals surface area contributed by atoms with Crippen LogP contribution in [0.5, 0.6) is 0 Å². The van der Waals surface area contributed by atoms with Crippen molar-refractivity contribution in [3.63, 3.8) is 0 Å². The van der Waals surface area contributed by atoms with Gasteiger partial charge in [0.1, 0.15) is 0 Å². The third-order valence-corrected chi connectivity index (χ3v) is 8.17. The van der Waals surface area contributed by atoms with Gasteiger partial charge in [0.2, 0.25) is 11.8 Å². The molecule has 0 radical (unpaired) electrons. The summed E-state index contributed by atoms with van der Waals surface area (Å²) in [5, 5.41) is 8.36. The fourth-order valence-electron chi connectivity index (χ4n) is 3.87. The van der Waals surface area contributed by atoms with E-state index in [1.165, 1.54) is 17.3 Å². The Hall–Kier alpha value is -1.91. The van der Waals surface area contributed by atoms with Gasteiger partial charge in [0.15, 0.2) is 9.84 Å². The summed E-state index contributed by atoms with van der Waals surface area (Å²) >= 11 is 1.24. The number of hydrogen-bond donors (Lipinski definition) is 0. The summed E-state index contributed by atoms with van der Waals surface area (Å²) in [5.41, 5.74) is 1.29. The lowest BCUT2D eigenvalue weighted by Crippen LogP contribution is -2.48. The maximum Gasteiger partial charge on any atom is 0.277 e. The van der Waals surface area contributed by atoms with Crippen molar-refractivity contribution in [3.8, 4) is 0 Å². The molecule has 0 saturated carbocycles. The van der Waals surface area contributed by atoms with Crippen LogP contribution in [0.3, 0.4) is 0 Å².